The average molecular weight is 475 g/mol. The van der Waals surface area contributed by atoms with E-state index in [1.165, 1.54) is 35.7 Å². The van der Waals surface area contributed by atoms with Crippen LogP contribution in [0.3, 0.4) is 0 Å². The standard InChI is InChI=1S/C23H26N2O5S2/c1-13-17(22(27)28-2)10-15(30-13)12-31-23-24-20-19(16-7-3-4-8-18(16)32-20)21(26)25(23)11-14-6-5-9-29-14/h10,14H,3-9,11-12H2,1-2H3. The van der Waals surface area contributed by atoms with E-state index in [1.807, 2.05) is 0 Å². The van der Waals surface area contributed by atoms with Crippen LogP contribution in [0.25, 0.3) is 10.2 Å². The second kappa shape index (κ2) is 9.03. The minimum absolute atomic E-state index is 0.0394. The van der Waals surface area contributed by atoms with Crippen LogP contribution in [0, 0.1) is 6.92 Å². The molecular weight excluding hydrogens is 448 g/mol. The summed E-state index contributed by atoms with van der Waals surface area (Å²) in [5, 5.41) is 1.47. The van der Waals surface area contributed by atoms with Gasteiger partial charge in [-0.2, -0.15) is 0 Å². The molecule has 5 rings (SSSR count). The lowest BCUT2D eigenvalue weighted by Gasteiger charge is -2.16. The van der Waals surface area contributed by atoms with E-state index in [4.69, 9.17) is 18.9 Å². The highest BCUT2D eigenvalue weighted by Crippen LogP contribution is 2.35. The zero-order valence-electron chi connectivity index (χ0n) is 18.3. The fraction of sp³-hybridized carbons (Fsp3) is 0.522. The number of furan rings is 1. The number of aryl methyl sites for hydroxylation is 3. The van der Waals surface area contributed by atoms with Gasteiger partial charge in [-0.1, -0.05) is 11.8 Å². The van der Waals surface area contributed by atoms with Gasteiger partial charge in [-0.25, -0.2) is 9.78 Å². The van der Waals surface area contributed by atoms with Crippen LogP contribution in [-0.4, -0.2) is 35.3 Å². The van der Waals surface area contributed by atoms with Crippen LogP contribution in [-0.2, 0) is 34.6 Å². The van der Waals surface area contributed by atoms with Gasteiger partial charge in [0, 0.05) is 11.5 Å². The Morgan fingerprint density at radius 2 is 2.19 bits per heavy atom. The van der Waals surface area contributed by atoms with Crippen molar-refractivity contribution in [1.29, 1.82) is 0 Å². The quantitative estimate of drug-likeness (QED) is 0.296. The zero-order chi connectivity index (χ0) is 22.2. The van der Waals surface area contributed by atoms with E-state index in [9.17, 15) is 9.59 Å². The third-order valence-corrected chi connectivity index (χ3v) is 8.35. The molecule has 0 spiro atoms. The number of rotatable bonds is 6. The minimum Gasteiger partial charge on any atom is -0.465 e. The van der Waals surface area contributed by atoms with E-state index in [0.717, 1.165) is 48.9 Å². The topological polar surface area (TPSA) is 83.6 Å². The fourth-order valence-corrected chi connectivity index (χ4v) is 6.74. The first-order valence-corrected chi connectivity index (χ1v) is 12.8. The number of hydrogen-bond donors (Lipinski definition) is 0. The van der Waals surface area contributed by atoms with E-state index < -0.39 is 5.97 Å². The molecule has 2 aliphatic rings. The van der Waals surface area contributed by atoms with Gasteiger partial charge in [0.05, 0.1) is 30.9 Å². The van der Waals surface area contributed by atoms with Crippen molar-refractivity contribution in [3.05, 3.63) is 43.9 Å². The Morgan fingerprint density at radius 3 is 2.97 bits per heavy atom. The van der Waals surface area contributed by atoms with E-state index >= 15 is 0 Å². The van der Waals surface area contributed by atoms with Crippen molar-refractivity contribution in [2.24, 2.45) is 0 Å². The Labute approximate surface area is 194 Å². The summed E-state index contributed by atoms with van der Waals surface area (Å²) in [6.45, 7) is 3.00. The van der Waals surface area contributed by atoms with Crippen molar-refractivity contribution in [3.63, 3.8) is 0 Å². The molecule has 3 aromatic heterocycles. The highest BCUT2D eigenvalue weighted by Gasteiger charge is 2.25. The molecule has 1 atom stereocenters. The van der Waals surface area contributed by atoms with Crippen molar-refractivity contribution in [2.75, 3.05) is 13.7 Å². The van der Waals surface area contributed by atoms with Gasteiger partial charge < -0.3 is 13.9 Å². The molecule has 4 heterocycles. The highest BCUT2D eigenvalue weighted by atomic mass is 32.2. The van der Waals surface area contributed by atoms with Gasteiger partial charge >= 0.3 is 5.97 Å². The largest absolute Gasteiger partial charge is 0.465 e. The molecular formula is C23H26N2O5S2. The molecule has 0 aromatic carbocycles. The van der Waals surface area contributed by atoms with Crippen LogP contribution >= 0.6 is 23.1 Å². The zero-order valence-corrected chi connectivity index (χ0v) is 19.9. The lowest BCUT2D eigenvalue weighted by Crippen LogP contribution is -2.29. The van der Waals surface area contributed by atoms with Gasteiger partial charge in [0.25, 0.3) is 5.56 Å². The van der Waals surface area contributed by atoms with Crippen LogP contribution in [0.5, 0.6) is 0 Å². The van der Waals surface area contributed by atoms with Gasteiger partial charge in [0.2, 0.25) is 0 Å². The van der Waals surface area contributed by atoms with Crippen LogP contribution in [0.15, 0.2) is 20.4 Å². The number of fused-ring (bicyclic) bond motifs is 3. The van der Waals surface area contributed by atoms with Gasteiger partial charge in [0.15, 0.2) is 5.16 Å². The number of nitrogens with zero attached hydrogens (tertiary/aromatic N) is 2. The molecule has 9 heteroatoms. The molecule has 1 aliphatic heterocycles. The summed E-state index contributed by atoms with van der Waals surface area (Å²) >= 11 is 3.12. The molecule has 7 nitrogen and oxygen atoms in total. The number of carbonyl (C=O) groups excluding carboxylic acids is 1. The van der Waals surface area contributed by atoms with Crippen molar-refractivity contribution in [2.45, 2.75) is 69.0 Å². The minimum atomic E-state index is -0.415. The van der Waals surface area contributed by atoms with Gasteiger partial charge in [0.1, 0.15) is 21.9 Å². The van der Waals surface area contributed by atoms with Crippen LogP contribution in [0.2, 0.25) is 0 Å². The molecule has 0 saturated carbocycles. The van der Waals surface area contributed by atoms with E-state index in [-0.39, 0.29) is 11.7 Å². The van der Waals surface area contributed by atoms with Crippen molar-refractivity contribution < 1.29 is 18.7 Å². The summed E-state index contributed by atoms with van der Waals surface area (Å²) in [5.74, 6) is 1.23. The fourth-order valence-electron chi connectivity index (χ4n) is 4.55. The second-order valence-corrected chi connectivity index (χ2v) is 10.3. The van der Waals surface area contributed by atoms with Gasteiger partial charge in [-0.15, -0.1) is 11.3 Å². The highest BCUT2D eigenvalue weighted by molar-refractivity contribution is 7.98. The number of methoxy groups -OCH3 is 1. The van der Waals surface area contributed by atoms with Crippen LogP contribution in [0.4, 0.5) is 0 Å². The Morgan fingerprint density at radius 1 is 1.34 bits per heavy atom. The number of thiophene rings is 1. The lowest BCUT2D eigenvalue weighted by molar-refractivity contribution is 0.0598. The Balaban J connectivity index is 1.50. The number of aromatic nitrogens is 2. The predicted octanol–water partition coefficient (Wildman–Crippen LogP) is 4.50. The molecule has 3 aromatic rings. The van der Waals surface area contributed by atoms with Crippen LogP contribution < -0.4 is 5.56 Å². The number of carbonyl (C=O) groups is 1. The Bertz CT molecular complexity index is 1220. The molecule has 0 bridgehead atoms. The molecule has 1 saturated heterocycles. The summed E-state index contributed by atoms with van der Waals surface area (Å²) < 4.78 is 18.2. The number of thioether (sulfide) groups is 1. The molecule has 32 heavy (non-hydrogen) atoms. The van der Waals surface area contributed by atoms with E-state index in [2.05, 4.69) is 0 Å². The molecule has 1 aliphatic carbocycles. The Hall–Kier alpha value is -2.10. The normalized spacial score (nSPS) is 18.2. The second-order valence-electron chi connectivity index (χ2n) is 8.30. The maximum absolute atomic E-state index is 13.6. The summed E-state index contributed by atoms with van der Waals surface area (Å²) in [5.41, 5.74) is 1.67. The van der Waals surface area contributed by atoms with Gasteiger partial charge in [-0.05, 0) is 57.1 Å². The van der Waals surface area contributed by atoms with E-state index in [0.29, 0.717) is 34.5 Å². The van der Waals surface area contributed by atoms with Crippen molar-refractivity contribution in [3.8, 4) is 0 Å². The molecule has 1 fully saturated rings. The van der Waals surface area contributed by atoms with Crippen LogP contribution in [0.1, 0.15) is 58.0 Å². The molecule has 170 valence electrons. The predicted molar refractivity (Wildman–Crippen MR) is 124 cm³/mol. The summed E-state index contributed by atoms with van der Waals surface area (Å²) in [4.78, 5) is 32.6. The molecule has 0 amide bonds. The first-order chi connectivity index (χ1) is 15.5. The number of hydrogen-bond acceptors (Lipinski definition) is 8. The van der Waals surface area contributed by atoms with Crippen molar-refractivity contribution >= 4 is 39.3 Å². The third kappa shape index (κ3) is 4.02. The SMILES string of the molecule is COC(=O)c1cc(CSc2nc3sc4c(c3c(=O)n2CC2CCCO2)CCCC4)oc1C. The Kier molecular flexibility index (Phi) is 6.14. The third-order valence-electron chi connectivity index (χ3n) is 6.17. The maximum Gasteiger partial charge on any atom is 0.341 e. The summed E-state index contributed by atoms with van der Waals surface area (Å²) in [6.07, 6.45) is 6.31. The summed E-state index contributed by atoms with van der Waals surface area (Å²) in [6, 6.07) is 1.71. The average Bonchev–Trinajstić information content (AvgIpc) is 3.52. The van der Waals surface area contributed by atoms with Crippen molar-refractivity contribution in [1.82, 2.24) is 9.55 Å². The first kappa shape index (κ1) is 21.7. The first-order valence-electron chi connectivity index (χ1n) is 11.0. The molecule has 0 radical (unpaired) electrons. The lowest BCUT2D eigenvalue weighted by atomic mass is 9.97. The number of ether oxygens (including phenoxy) is 2. The molecule has 1 unspecified atom stereocenters. The smallest absolute Gasteiger partial charge is 0.341 e. The summed E-state index contributed by atoms with van der Waals surface area (Å²) in [7, 11) is 1.35. The monoisotopic (exact) mass is 474 g/mol. The van der Waals surface area contributed by atoms with E-state index in [1.54, 1.807) is 28.9 Å². The number of esters is 1. The maximum atomic E-state index is 13.6. The van der Waals surface area contributed by atoms with Gasteiger partial charge in [-0.3, -0.25) is 9.36 Å². The molecule has 0 N–H and O–H groups in total.